The fourth-order valence-corrected chi connectivity index (χ4v) is 4.41. The predicted molar refractivity (Wildman–Crippen MR) is 93.6 cm³/mol. The van der Waals surface area contributed by atoms with Crippen molar-refractivity contribution in [2.24, 2.45) is 0 Å². The second-order valence-corrected chi connectivity index (χ2v) is 6.98. The number of likely N-dealkylation sites (N-methyl/N-ethyl adjacent to an activating group) is 1. The van der Waals surface area contributed by atoms with Gasteiger partial charge in [-0.05, 0) is 37.0 Å². The Kier molecular flexibility index (Phi) is 3.65. The third kappa shape index (κ3) is 2.50. The van der Waals surface area contributed by atoms with Crippen LogP contribution in [0.1, 0.15) is 16.9 Å². The Hall–Kier alpha value is -2.54. The van der Waals surface area contributed by atoms with Crippen LogP contribution in [0.2, 0.25) is 0 Å². The van der Waals surface area contributed by atoms with Crippen molar-refractivity contribution < 1.29 is 9.90 Å². The minimum atomic E-state index is -0.876. The smallest absolute Gasteiger partial charge is 0.323 e. The Bertz CT molecular complexity index is 923. The number of anilines is 1. The minimum Gasteiger partial charge on any atom is -0.480 e. The number of fused-ring (bicyclic) bond motifs is 3. The lowest BCUT2D eigenvalue weighted by Gasteiger charge is -2.18. The molecule has 6 nitrogen and oxygen atoms in total. The van der Waals surface area contributed by atoms with Gasteiger partial charge in [0.05, 0.1) is 5.39 Å². The zero-order valence-electron chi connectivity index (χ0n) is 13.2. The van der Waals surface area contributed by atoms with Gasteiger partial charge in [0, 0.05) is 29.9 Å². The number of carboxylic acid groups (broad SMARTS) is 1. The Morgan fingerprint density at radius 3 is 3.00 bits per heavy atom. The Morgan fingerprint density at radius 1 is 1.38 bits per heavy atom. The molecule has 1 aliphatic rings. The van der Waals surface area contributed by atoms with E-state index in [1.165, 1.54) is 10.4 Å². The summed E-state index contributed by atoms with van der Waals surface area (Å²) in [6.07, 6.45) is 6.66. The first-order valence-electron chi connectivity index (χ1n) is 7.79. The number of aromatic nitrogens is 3. The molecule has 0 saturated heterocycles. The molecule has 7 heteroatoms. The van der Waals surface area contributed by atoms with Crippen LogP contribution in [0.4, 0.5) is 5.82 Å². The molecule has 0 bridgehead atoms. The van der Waals surface area contributed by atoms with Crippen LogP contribution in [0.25, 0.3) is 21.6 Å². The molecule has 0 radical (unpaired) electrons. The van der Waals surface area contributed by atoms with Crippen molar-refractivity contribution in [3.8, 4) is 11.4 Å². The number of carboxylic acids is 1. The van der Waals surface area contributed by atoms with Crippen LogP contribution in [-0.2, 0) is 17.6 Å². The SMILES string of the molecule is CN(CC(=O)O)c1nc(-c2cccnc2)nc2sc3c(c12)CCC3. The molecule has 0 aliphatic heterocycles. The summed E-state index contributed by atoms with van der Waals surface area (Å²) in [6, 6.07) is 3.76. The molecule has 0 spiro atoms. The van der Waals surface area contributed by atoms with Gasteiger partial charge in [-0.25, -0.2) is 9.97 Å². The van der Waals surface area contributed by atoms with Gasteiger partial charge in [-0.1, -0.05) is 0 Å². The maximum Gasteiger partial charge on any atom is 0.323 e. The van der Waals surface area contributed by atoms with Crippen LogP contribution in [-0.4, -0.2) is 39.6 Å². The normalized spacial score (nSPS) is 13.2. The summed E-state index contributed by atoms with van der Waals surface area (Å²) in [7, 11) is 1.77. The first kappa shape index (κ1) is 15.0. The van der Waals surface area contributed by atoms with Gasteiger partial charge in [-0.15, -0.1) is 11.3 Å². The second kappa shape index (κ2) is 5.83. The zero-order chi connectivity index (χ0) is 16.7. The van der Waals surface area contributed by atoms with Crippen LogP contribution in [0.3, 0.4) is 0 Å². The van der Waals surface area contributed by atoms with Gasteiger partial charge < -0.3 is 10.0 Å². The topological polar surface area (TPSA) is 79.2 Å². The van der Waals surface area contributed by atoms with Gasteiger partial charge >= 0.3 is 5.97 Å². The molecule has 0 atom stereocenters. The van der Waals surface area contributed by atoms with Crippen LogP contribution >= 0.6 is 11.3 Å². The van der Waals surface area contributed by atoms with Crippen molar-refractivity contribution in [1.82, 2.24) is 15.0 Å². The highest BCUT2D eigenvalue weighted by atomic mass is 32.1. The molecule has 4 rings (SSSR count). The molecule has 1 N–H and O–H groups in total. The highest BCUT2D eigenvalue weighted by Crippen LogP contribution is 2.41. The van der Waals surface area contributed by atoms with Gasteiger partial charge in [0.1, 0.15) is 17.2 Å². The first-order chi connectivity index (χ1) is 11.6. The standard InChI is InChI=1S/C17H16N4O2S/c1-21(9-13(22)23)16-14-11-5-2-6-12(11)24-17(14)20-15(19-16)10-4-3-7-18-8-10/h3-4,7-8H,2,5-6,9H2,1H3,(H,22,23). The monoisotopic (exact) mass is 340 g/mol. The zero-order valence-corrected chi connectivity index (χ0v) is 14.0. The van der Waals surface area contributed by atoms with Crippen molar-refractivity contribution in [3.63, 3.8) is 0 Å². The van der Waals surface area contributed by atoms with Crippen molar-refractivity contribution >= 4 is 33.3 Å². The molecule has 0 amide bonds. The van der Waals surface area contributed by atoms with E-state index in [0.717, 1.165) is 35.0 Å². The molecule has 122 valence electrons. The second-order valence-electron chi connectivity index (χ2n) is 5.90. The molecular formula is C17H16N4O2S. The van der Waals surface area contributed by atoms with E-state index in [-0.39, 0.29) is 6.54 Å². The lowest BCUT2D eigenvalue weighted by molar-refractivity contribution is -0.135. The molecular weight excluding hydrogens is 324 g/mol. The molecule has 1 aliphatic carbocycles. The van der Waals surface area contributed by atoms with Crippen LogP contribution < -0.4 is 4.90 Å². The van der Waals surface area contributed by atoms with E-state index >= 15 is 0 Å². The molecule has 0 unspecified atom stereocenters. The van der Waals surface area contributed by atoms with E-state index in [1.54, 1.807) is 35.7 Å². The Labute approximate surface area is 142 Å². The summed E-state index contributed by atoms with van der Waals surface area (Å²) in [5, 5.41) is 10.2. The Balaban J connectivity index is 1.93. The number of aliphatic carboxylic acids is 1. The molecule has 0 saturated carbocycles. The average Bonchev–Trinajstić information content (AvgIpc) is 3.14. The maximum absolute atomic E-state index is 11.2. The van der Waals surface area contributed by atoms with E-state index < -0.39 is 5.97 Å². The largest absolute Gasteiger partial charge is 0.480 e. The summed E-state index contributed by atoms with van der Waals surface area (Å²) in [5.41, 5.74) is 2.12. The van der Waals surface area contributed by atoms with Gasteiger partial charge in [0.2, 0.25) is 0 Å². The summed E-state index contributed by atoms with van der Waals surface area (Å²) in [4.78, 5) is 28.7. The highest BCUT2D eigenvalue weighted by molar-refractivity contribution is 7.19. The highest BCUT2D eigenvalue weighted by Gasteiger charge is 2.24. The number of pyridine rings is 1. The number of thiophene rings is 1. The lowest BCUT2D eigenvalue weighted by atomic mass is 10.1. The van der Waals surface area contributed by atoms with Crippen molar-refractivity contribution in [2.75, 3.05) is 18.5 Å². The third-order valence-electron chi connectivity index (χ3n) is 4.20. The number of carbonyl (C=O) groups is 1. The molecule has 24 heavy (non-hydrogen) atoms. The number of aryl methyl sites for hydroxylation is 2. The fraction of sp³-hybridized carbons (Fsp3) is 0.294. The fourth-order valence-electron chi connectivity index (χ4n) is 3.15. The van der Waals surface area contributed by atoms with Gasteiger partial charge in [-0.2, -0.15) is 0 Å². The van der Waals surface area contributed by atoms with Crippen molar-refractivity contribution in [1.29, 1.82) is 0 Å². The summed E-state index contributed by atoms with van der Waals surface area (Å²) in [6.45, 7) is -0.0940. The summed E-state index contributed by atoms with van der Waals surface area (Å²) < 4.78 is 0. The number of hydrogen-bond acceptors (Lipinski definition) is 6. The molecule has 3 heterocycles. The quantitative estimate of drug-likeness (QED) is 0.787. The predicted octanol–water partition coefficient (Wildman–Crippen LogP) is 2.76. The summed E-state index contributed by atoms with van der Waals surface area (Å²) in [5.74, 6) is 0.405. The lowest BCUT2D eigenvalue weighted by Crippen LogP contribution is -2.26. The molecule has 3 aromatic rings. The average molecular weight is 340 g/mol. The van der Waals surface area contributed by atoms with E-state index in [1.807, 2.05) is 12.1 Å². The number of rotatable bonds is 4. The van der Waals surface area contributed by atoms with Crippen LogP contribution in [0, 0.1) is 0 Å². The van der Waals surface area contributed by atoms with Crippen LogP contribution in [0.5, 0.6) is 0 Å². The maximum atomic E-state index is 11.2. The van der Waals surface area contributed by atoms with Gasteiger partial charge in [0.25, 0.3) is 0 Å². The van der Waals surface area contributed by atoms with E-state index in [4.69, 9.17) is 15.1 Å². The third-order valence-corrected chi connectivity index (χ3v) is 5.38. The number of hydrogen-bond donors (Lipinski definition) is 1. The van der Waals surface area contributed by atoms with Gasteiger partial charge in [0.15, 0.2) is 5.82 Å². The van der Waals surface area contributed by atoms with E-state index in [2.05, 4.69) is 4.98 Å². The van der Waals surface area contributed by atoms with Gasteiger partial charge in [-0.3, -0.25) is 9.78 Å². The van der Waals surface area contributed by atoms with Crippen molar-refractivity contribution in [2.45, 2.75) is 19.3 Å². The van der Waals surface area contributed by atoms with Crippen molar-refractivity contribution in [3.05, 3.63) is 35.0 Å². The summed E-state index contributed by atoms with van der Waals surface area (Å²) >= 11 is 1.70. The minimum absolute atomic E-state index is 0.0940. The van der Waals surface area contributed by atoms with Crippen LogP contribution in [0.15, 0.2) is 24.5 Å². The first-order valence-corrected chi connectivity index (χ1v) is 8.61. The van der Waals surface area contributed by atoms with E-state index in [9.17, 15) is 4.79 Å². The molecule has 3 aromatic heterocycles. The number of nitrogens with zero attached hydrogens (tertiary/aromatic N) is 4. The Morgan fingerprint density at radius 2 is 2.25 bits per heavy atom. The van der Waals surface area contributed by atoms with E-state index in [0.29, 0.717) is 11.6 Å². The molecule has 0 aromatic carbocycles. The molecule has 0 fully saturated rings.